The van der Waals surface area contributed by atoms with Gasteiger partial charge in [0.15, 0.2) is 0 Å². The Kier molecular flexibility index (Phi) is 4.22. The number of hydrogen-bond acceptors (Lipinski definition) is 3. The highest BCUT2D eigenvalue weighted by molar-refractivity contribution is 5.78. The van der Waals surface area contributed by atoms with Crippen LogP contribution in [0.4, 0.5) is 0 Å². The van der Waals surface area contributed by atoms with Gasteiger partial charge in [-0.2, -0.15) is 0 Å². The number of piperazine rings is 1. The van der Waals surface area contributed by atoms with E-state index in [9.17, 15) is 0 Å². The lowest BCUT2D eigenvalue weighted by atomic mass is 9.88. The quantitative estimate of drug-likeness (QED) is 0.934. The third-order valence-corrected chi connectivity index (χ3v) is 5.04. The average Bonchev–Trinajstić information content (AvgIpc) is 2.55. The zero-order chi connectivity index (χ0) is 14.7. The molecular formula is C18H25N3. The summed E-state index contributed by atoms with van der Waals surface area (Å²) in [5.74, 6) is 0. The normalized spacial score (nSPS) is 19.0. The Morgan fingerprint density at radius 1 is 1.24 bits per heavy atom. The van der Waals surface area contributed by atoms with Crippen LogP contribution in [0.2, 0.25) is 0 Å². The number of rotatable bonds is 4. The molecule has 0 bridgehead atoms. The van der Waals surface area contributed by atoms with E-state index in [1.807, 2.05) is 12.3 Å². The van der Waals surface area contributed by atoms with Crippen molar-refractivity contribution in [3.8, 4) is 0 Å². The minimum Gasteiger partial charge on any atom is -0.314 e. The van der Waals surface area contributed by atoms with Crippen LogP contribution in [-0.4, -0.2) is 35.1 Å². The fraction of sp³-hybridized carbons (Fsp3) is 0.500. The summed E-state index contributed by atoms with van der Waals surface area (Å²) in [5, 5.41) is 4.81. The van der Waals surface area contributed by atoms with Crippen LogP contribution in [0, 0.1) is 0 Å². The number of pyridine rings is 1. The van der Waals surface area contributed by atoms with E-state index >= 15 is 0 Å². The summed E-state index contributed by atoms with van der Waals surface area (Å²) in [6.07, 6.45) is 4.26. The molecule has 0 spiro atoms. The van der Waals surface area contributed by atoms with Crippen LogP contribution in [0.5, 0.6) is 0 Å². The first kappa shape index (κ1) is 14.5. The number of fused-ring (bicyclic) bond motifs is 1. The Hall–Kier alpha value is -1.45. The zero-order valence-corrected chi connectivity index (χ0v) is 13.1. The van der Waals surface area contributed by atoms with Crippen LogP contribution >= 0.6 is 0 Å². The van der Waals surface area contributed by atoms with Gasteiger partial charge in [0.05, 0.1) is 5.52 Å². The number of aromatic nitrogens is 1. The molecule has 0 atom stereocenters. The van der Waals surface area contributed by atoms with Crippen molar-refractivity contribution in [2.24, 2.45) is 0 Å². The van der Waals surface area contributed by atoms with Crippen molar-refractivity contribution >= 4 is 10.9 Å². The molecule has 3 heteroatoms. The van der Waals surface area contributed by atoms with Gasteiger partial charge in [-0.1, -0.05) is 26.0 Å². The van der Waals surface area contributed by atoms with Gasteiger partial charge in [0.25, 0.3) is 0 Å². The fourth-order valence-electron chi connectivity index (χ4n) is 3.52. The average molecular weight is 283 g/mol. The Morgan fingerprint density at radius 2 is 2.10 bits per heavy atom. The molecule has 21 heavy (non-hydrogen) atoms. The Balaban J connectivity index is 1.85. The molecule has 1 N–H and O–H groups in total. The molecule has 1 fully saturated rings. The minimum atomic E-state index is 0.308. The van der Waals surface area contributed by atoms with Crippen molar-refractivity contribution in [2.75, 3.05) is 19.6 Å². The summed E-state index contributed by atoms with van der Waals surface area (Å²) in [6.45, 7) is 8.99. The summed E-state index contributed by atoms with van der Waals surface area (Å²) < 4.78 is 0. The van der Waals surface area contributed by atoms with Crippen molar-refractivity contribution < 1.29 is 0 Å². The standard InChI is InChI=1S/C18H25N3/c1-3-18(4-2)14-19-10-11-21(18)13-15-7-8-17-16(12-15)6-5-9-20-17/h5-9,12,19H,3-4,10-11,13-14H2,1-2H3. The molecule has 0 unspecified atom stereocenters. The SMILES string of the molecule is CCC1(CC)CNCCN1Cc1ccc2ncccc2c1. The molecule has 3 nitrogen and oxygen atoms in total. The first-order valence-electron chi connectivity index (χ1n) is 8.07. The van der Waals surface area contributed by atoms with Crippen LogP contribution in [0.1, 0.15) is 32.3 Å². The number of nitrogens with zero attached hydrogens (tertiary/aromatic N) is 2. The van der Waals surface area contributed by atoms with Crippen LogP contribution in [-0.2, 0) is 6.54 Å². The lowest BCUT2D eigenvalue weighted by Gasteiger charge is -2.47. The number of benzene rings is 1. The van der Waals surface area contributed by atoms with Crippen LogP contribution in [0.15, 0.2) is 36.5 Å². The highest BCUT2D eigenvalue weighted by Crippen LogP contribution is 2.27. The van der Waals surface area contributed by atoms with Gasteiger partial charge in [-0.3, -0.25) is 9.88 Å². The van der Waals surface area contributed by atoms with Crippen molar-refractivity contribution in [2.45, 2.75) is 38.8 Å². The van der Waals surface area contributed by atoms with E-state index < -0.39 is 0 Å². The summed E-state index contributed by atoms with van der Waals surface area (Å²) in [7, 11) is 0. The third kappa shape index (κ3) is 2.81. The molecule has 2 heterocycles. The monoisotopic (exact) mass is 283 g/mol. The number of hydrogen-bond donors (Lipinski definition) is 1. The molecule has 0 radical (unpaired) electrons. The molecule has 1 aliphatic heterocycles. The topological polar surface area (TPSA) is 28.2 Å². The van der Waals surface area contributed by atoms with Crippen molar-refractivity contribution in [3.05, 3.63) is 42.1 Å². The zero-order valence-electron chi connectivity index (χ0n) is 13.1. The first-order chi connectivity index (χ1) is 10.3. The van der Waals surface area contributed by atoms with Crippen molar-refractivity contribution in [1.82, 2.24) is 15.2 Å². The lowest BCUT2D eigenvalue weighted by Crippen LogP contribution is -2.60. The van der Waals surface area contributed by atoms with Gasteiger partial charge in [0.1, 0.15) is 0 Å². The molecule has 1 aliphatic rings. The van der Waals surface area contributed by atoms with Crippen molar-refractivity contribution in [3.63, 3.8) is 0 Å². The van der Waals surface area contributed by atoms with Gasteiger partial charge < -0.3 is 5.32 Å². The molecule has 2 aromatic rings. The van der Waals surface area contributed by atoms with Crippen LogP contribution in [0.3, 0.4) is 0 Å². The molecule has 1 saturated heterocycles. The van der Waals surface area contributed by atoms with E-state index in [1.54, 1.807) is 0 Å². The maximum atomic E-state index is 4.41. The van der Waals surface area contributed by atoms with E-state index in [4.69, 9.17) is 0 Å². The van der Waals surface area contributed by atoms with Crippen LogP contribution in [0.25, 0.3) is 10.9 Å². The molecule has 0 amide bonds. The predicted molar refractivity (Wildman–Crippen MR) is 88.3 cm³/mol. The van der Waals surface area contributed by atoms with Crippen molar-refractivity contribution in [1.29, 1.82) is 0 Å². The Bertz CT molecular complexity index is 604. The number of nitrogens with one attached hydrogen (secondary N) is 1. The second kappa shape index (κ2) is 6.12. The smallest absolute Gasteiger partial charge is 0.0702 e. The van der Waals surface area contributed by atoms with E-state index in [1.165, 1.54) is 23.8 Å². The molecule has 0 aliphatic carbocycles. The van der Waals surface area contributed by atoms with E-state index in [2.05, 4.69) is 53.3 Å². The predicted octanol–water partition coefficient (Wildman–Crippen LogP) is 3.20. The highest BCUT2D eigenvalue weighted by Gasteiger charge is 2.35. The molecule has 1 aromatic carbocycles. The first-order valence-corrected chi connectivity index (χ1v) is 8.07. The summed E-state index contributed by atoms with van der Waals surface area (Å²) >= 11 is 0. The molecule has 112 valence electrons. The second-order valence-electron chi connectivity index (χ2n) is 6.06. The Labute approximate surface area is 127 Å². The van der Waals surface area contributed by atoms with Gasteiger partial charge >= 0.3 is 0 Å². The third-order valence-electron chi connectivity index (χ3n) is 5.04. The van der Waals surface area contributed by atoms with Gasteiger partial charge in [-0.05, 0) is 36.6 Å². The lowest BCUT2D eigenvalue weighted by molar-refractivity contribution is 0.0448. The molecule has 3 rings (SSSR count). The highest BCUT2D eigenvalue weighted by atomic mass is 15.3. The second-order valence-corrected chi connectivity index (χ2v) is 6.06. The summed E-state index contributed by atoms with van der Waals surface area (Å²) in [5.41, 5.74) is 2.78. The van der Waals surface area contributed by atoms with E-state index in [-0.39, 0.29) is 0 Å². The van der Waals surface area contributed by atoms with E-state index in [0.29, 0.717) is 5.54 Å². The molecule has 1 aromatic heterocycles. The van der Waals surface area contributed by atoms with Crippen LogP contribution < -0.4 is 5.32 Å². The summed E-state index contributed by atoms with van der Waals surface area (Å²) in [6, 6.07) is 10.8. The minimum absolute atomic E-state index is 0.308. The van der Waals surface area contributed by atoms with Gasteiger partial charge in [-0.25, -0.2) is 0 Å². The van der Waals surface area contributed by atoms with Gasteiger partial charge in [-0.15, -0.1) is 0 Å². The maximum Gasteiger partial charge on any atom is 0.0702 e. The maximum absolute atomic E-state index is 4.41. The van der Waals surface area contributed by atoms with Gasteiger partial charge in [0, 0.05) is 43.3 Å². The fourth-order valence-corrected chi connectivity index (χ4v) is 3.52. The van der Waals surface area contributed by atoms with Gasteiger partial charge in [0.2, 0.25) is 0 Å². The summed E-state index contributed by atoms with van der Waals surface area (Å²) in [4.78, 5) is 7.07. The largest absolute Gasteiger partial charge is 0.314 e. The molecular weight excluding hydrogens is 258 g/mol. The Morgan fingerprint density at radius 3 is 2.90 bits per heavy atom. The van der Waals surface area contributed by atoms with E-state index in [0.717, 1.165) is 31.7 Å². The molecule has 0 saturated carbocycles.